The van der Waals surface area contributed by atoms with E-state index in [2.05, 4.69) is 66.5 Å². The van der Waals surface area contributed by atoms with Gasteiger partial charge in [-0.3, -0.25) is 4.99 Å². The fourth-order valence-electron chi connectivity index (χ4n) is 1.94. The Hall–Kier alpha value is -1.67. The van der Waals surface area contributed by atoms with E-state index in [0.29, 0.717) is 0 Å². The molecule has 0 unspecified atom stereocenters. The molecule has 2 nitrogen and oxygen atoms in total. The fourth-order valence-corrected chi connectivity index (χ4v) is 1.94. The highest BCUT2D eigenvalue weighted by molar-refractivity contribution is 5.90. The predicted octanol–water partition coefficient (Wildman–Crippen LogP) is 3.21. The van der Waals surface area contributed by atoms with Crippen LogP contribution in [0, 0.1) is 0 Å². The molecular weight excluding hydrogens is 220 g/mol. The molecule has 0 saturated heterocycles. The van der Waals surface area contributed by atoms with Gasteiger partial charge in [0, 0.05) is 12.8 Å². The second kappa shape index (κ2) is 6.31. The van der Waals surface area contributed by atoms with Crippen LogP contribution in [0.2, 0.25) is 0 Å². The third-order valence-electron chi connectivity index (χ3n) is 2.91. The third-order valence-corrected chi connectivity index (χ3v) is 2.91. The average molecular weight is 240 g/mol. The molecule has 94 valence electrons. The predicted molar refractivity (Wildman–Crippen MR) is 79.6 cm³/mol. The van der Waals surface area contributed by atoms with Gasteiger partial charge in [0.25, 0.3) is 0 Å². The van der Waals surface area contributed by atoms with E-state index in [-0.39, 0.29) is 0 Å². The molecule has 0 heterocycles. The Kier molecular flexibility index (Phi) is 4.48. The molecule has 0 spiro atoms. The Morgan fingerprint density at radius 2 is 1.83 bits per heavy atom. The maximum Gasteiger partial charge on any atom is 0.0401 e. The molecule has 0 aromatic heterocycles. The molecule has 2 rings (SSSR count). The summed E-state index contributed by atoms with van der Waals surface area (Å²) in [5.74, 6) is 0. The summed E-state index contributed by atoms with van der Waals surface area (Å²) in [6, 6.07) is 14.9. The molecule has 0 radical (unpaired) electrons. The van der Waals surface area contributed by atoms with E-state index in [1.54, 1.807) is 0 Å². The number of fused-ring (bicyclic) bond motifs is 1. The van der Waals surface area contributed by atoms with Crippen molar-refractivity contribution < 1.29 is 0 Å². The summed E-state index contributed by atoms with van der Waals surface area (Å²) in [5, 5.41) is 2.55. The lowest BCUT2D eigenvalue weighted by Crippen LogP contribution is -2.13. The summed E-state index contributed by atoms with van der Waals surface area (Å²) in [4.78, 5) is 6.65. The standard InChI is InChI=1S/C16H20N2/c1-18(2)11-5-10-17-13-14-8-9-15-6-3-4-7-16(15)12-14/h3-4,6-9,12-13H,5,10-11H2,1-2H3. The van der Waals surface area contributed by atoms with Gasteiger partial charge in [-0.25, -0.2) is 0 Å². The van der Waals surface area contributed by atoms with Gasteiger partial charge >= 0.3 is 0 Å². The Labute approximate surface area is 109 Å². The first-order valence-corrected chi connectivity index (χ1v) is 6.39. The molecule has 0 amide bonds. The highest BCUT2D eigenvalue weighted by Crippen LogP contribution is 2.14. The minimum atomic E-state index is 0.894. The van der Waals surface area contributed by atoms with Gasteiger partial charge in [-0.2, -0.15) is 0 Å². The molecule has 0 bridgehead atoms. The van der Waals surface area contributed by atoms with Crippen molar-refractivity contribution in [1.82, 2.24) is 4.90 Å². The van der Waals surface area contributed by atoms with E-state index in [9.17, 15) is 0 Å². The molecule has 0 atom stereocenters. The zero-order valence-corrected chi connectivity index (χ0v) is 11.1. The molecule has 18 heavy (non-hydrogen) atoms. The molecule has 0 saturated carbocycles. The van der Waals surface area contributed by atoms with E-state index < -0.39 is 0 Å². The lowest BCUT2D eigenvalue weighted by Gasteiger charge is -2.06. The second-order valence-electron chi connectivity index (χ2n) is 4.80. The molecule has 2 heteroatoms. The number of hydrogen-bond donors (Lipinski definition) is 0. The normalized spacial score (nSPS) is 11.7. The quantitative estimate of drug-likeness (QED) is 0.579. The van der Waals surface area contributed by atoms with Crippen molar-refractivity contribution >= 4 is 17.0 Å². The average Bonchev–Trinajstić information content (AvgIpc) is 2.38. The van der Waals surface area contributed by atoms with Crippen LogP contribution < -0.4 is 0 Å². The van der Waals surface area contributed by atoms with E-state index >= 15 is 0 Å². The number of nitrogens with zero attached hydrogens (tertiary/aromatic N) is 2. The monoisotopic (exact) mass is 240 g/mol. The van der Waals surface area contributed by atoms with E-state index in [0.717, 1.165) is 19.5 Å². The minimum absolute atomic E-state index is 0.894. The number of hydrogen-bond acceptors (Lipinski definition) is 2. The first-order chi connectivity index (χ1) is 8.75. The van der Waals surface area contributed by atoms with Crippen LogP contribution in [-0.2, 0) is 0 Å². The molecule has 0 aliphatic heterocycles. The van der Waals surface area contributed by atoms with E-state index in [1.807, 2.05) is 6.21 Å². The first-order valence-electron chi connectivity index (χ1n) is 6.39. The Bertz CT molecular complexity index is 529. The van der Waals surface area contributed by atoms with Crippen molar-refractivity contribution in [3.05, 3.63) is 48.0 Å². The van der Waals surface area contributed by atoms with Crippen LogP contribution in [0.1, 0.15) is 12.0 Å². The van der Waals surface area contributed by atoms with E-state index in [1.165, 1.54) is 16.3 Å². The van der Waals surface area contributed by atoms with Gasteiger partial charge in [0.15, 0.2) is 0 Å². The largest absolute Gasteiger partial charge is 0.309 e. The van der Waals surface area contributed by atoms with Crippen molar-refractivity contribution in [1.29, 1.82) is 0 Å². The topological polar surface area (TPSA) is 15.6 Å². The minimum Gasteiger partial charge on any atom is -0.309 e. The first kappa shape index (κ1) is 12.8. The molecule has 2 aromatic rings. The highest BCUT2D eigenvalue weighted by Gasteiger charge is 1.93. The summed E-state index contributed by atoms with van der Waals surface area (Å²) < 4.78 is 0. The van der Waals surface area contributed by atoms with Gasteiger partial charge in [-0.05, 0) is 49.5 Å². The van der Waals surface area contributed by atoms with Gasteiger partial charge in [-0.1, -0.05) is 36.4 Å². The summed E-state index contributed by atoms with van der Waals surface area (Å²) >= 11 is 0. The van der Waals surface area contributed by atoms with Crippen molar-refractivity contribution in [2.24, 2.45) is 4.99 Å². The van der Waals surface area contributed by atoms with Crippen LogP contribution in [-0.4, -0.2) is 38.3 Å². The zero-order chi connectivity index (χ0) is 12.8. The van der Waals surface area contributed by atoms with Crippen LogP contribution in [0.4, 0.5) is 0 Å². The van der Waals surface area contributed by atoms with Crippen molar-refractivity contribution in [3.8, 4) is 0 Å². The van der Waals surface area contributed by atoms with Crippen molar-refractivity contribution in [2.45, 2.75) is 6.42 Å². The molecule has 0 N–H and O–H groups in total. The van der Waals surface area contributed by atoms with Crippen LogP contribution in [0.3, 0.4) is 0 Å². The van der Waals surface area contributed by atoms with Crippen LogP contribution in [0.5, 0.6) is 0 Å². The van der Waals surface area contributed by atoms with Gasteiger partial charge in [-0.15, -0.1) is 0 Å². The third kappa shape index (κ3) is 3.67. The lowest BCUT2D eigenvalue weighted by atomic mass is 10.1. The van der Waals surface area contributed by atoms with Gasteiger partial charge < -0.3 is 4.90 Å². The Morgan fingerprint density at radius 1 is 1.06 bits per heavy atom. The van der Waals surface area contributed by atoms with Crippen LogP contribution in [0.15, 0.2) is 47.5 Å². The number of benzene rings is 2. The van der Waals surface area contributed by atoms with Gasteiger partial charge in [0.1, 0.15) is 0 Å². The number of rotatable bonds is 5. The molecule has 0 aliphatic rings. The van der Waals surface area contributed by atoms with Gasteiger partial charge in [0.2, 0.25) is 0 Å². The zero-order valence-electron chi connectivity index (χ0n) is 11.1. The maximum atomic E-state index is 4.47. The SMILES string of the molecule is CN(C)CCCN=Cc1ccc2ccccc2c1. The van der Waals surface area contributed by atoms with Crippen LogP contribution >= 0.6 is 0 Å². The van der Waals surface area contributed by atoms with Crippen molar-refractivity contribution in [2.75, 3.05) is 27.2 Å². The lowest BCUT2D eigenvalue weighted by molar-refractivity contribution is 0.403. The van der Waals surface area contributed by atoms with Crippen molar-refractivity contribution in [3.63, 3.8) is 0 Å². The van der Waals surface area contributed by atoms with E-state index in [4.69, 9.17) is 0 Å². The summed E-state index contributed by atoms with van der Waals surface area (Å²) in [6.07, 6.45) is 3.08. The van der Waals surface area contributed by atoms with Crippen LogP contribution in [0.25, 0.3) is 10.8 Å². The smallest absolute Gasteiger partial charge is 0.0401 e. The molecule has 0 fully saturated rings. The molecular formula is C16H20N2. The fraction of sp³-hybridized carbons (Fsp3) is 0.312. The maximum absolute atomic E-state index is 4.47. The summed E-state index contributed by atoms with van der Waals surface area (Å²) in [5.41, 5.74) is 1.18. The highest BCUT2D eigenvalue weighted by atomic mass is 15.0. The second-order valence-corrected chi connectivity index (χ2v) is 4.80. The molecule has 0 aliphatic carbocycles. The Balaban J connectivity index is 1.97. The summed E-state index contributed by atoms with van der Waals surface area (Å²) in [7, 11) is 4.18. The van der Waals surface area contributed by atoms with Gasteiger partial charge in [0.05, 0.1) is 0 Å². The molecule has 2 aromatic carbocycles. The summed E-state index contributed by atoms with van der Waals surface area (Å²) in [6.45, 7) is 1.99. The Morgan fingerprint density at radius 3 is 2.61 bits per heavy atom. The number of aliphatic imine (C=N–C) groups is 1.